The monoisotopic (exact) mass is 318 g/mol. The lowest BCUT2D eigenvalue weighted by Crippen LogP contribution is -2.47. The third-order valence-electron chi connectivity index (χ3n) is 3.52. The zero-order valence-electron chi connectivity index (χ0n) is 12.5. The number of phenolic OH excluding ortho intramolecular Hbond substituents is 1. The molecule has 1 aromatic rings. The summed E-state index contributed by atoms with van der Waals surface area (Å²) in [5.74, 6) is -0.0967. The van der Waals surface area contributed by atoms with E-state index in [1.165, 1.54) is 11.8 Å². The number of amides is 1. The molecule has 2 aliphatic heterocycles. The number of nitrogens with zero attached hydrogens (tertiary/aromatic N) is 2. The lowest BCUT2D eigenvalue weighted by atomic mass is 10.2. The largest absolute Gasteiger partial charge is 0.507 e. The first-order valence-electron chi connectivity index (χ1n) is 7.24. The van der Waals surface area contributed by atoms with Crippen LogP contribution in [0.5, 0.6) is 5.75 Å². The Morgan fingerprint density at radius 1 is 1.32 bits per heavy atom. The second kappa shape index (κ2) is 6.14. The molecule has 1 N–H and O–H groups in total. The molecule has 1 aromatic carbocycles. The van der Waals surface area contributed by atoms with Gasteiger partial charge < -0.3 is 14.7 Å². The predicted molar refractivity (Wildman–Crippen MR) is 87.7 cm³/mol. The smallest absolute Gasteiger partial charge is 0.286 e. The van der Waals surface area contributed by atoms with Crippen LogP contribution in [0.2, 0.25) is 0 Å². The van der Waals surface area contributed by atoms with Crippen molar-refractivity contribution in [1.82, 2.24) is 4.90 Å². The van der Waals surface area contributed by atoms with Gasteiger partial charge in [-0.1, -0.05) is 18.2 Å². The van der Waals surface area contributed by atoms with Crippen LogP contribution >= 0.6 is 11.8 Å². The average Bonchev–Trinajstić information content (AvgIpc) is 2.82. The van der Waals surface area contributed by atoms with E-state index in [1.54, 1.807) is 24.3 Å². The van der Waals surface area contributed by atoms with E-state index in [1.807, 2.05) is 19.9 Å². The molecule has 0 aromatic heterocycles. The van der Waals surface area contributed by atoms with Crippen LogP contribution < -0.4 is 0 Å². The molecule has 0 spiro atoms. The quantitative estimate of drug-likeness (QED) is 0.806. The van der Waals surface area contributed by atoms with Gasteiger partial charge in [-0.25, -0.2) is 0 Å². The van der Waals surface area contributed by atoms with Crippen LogP contribution in [0.15, 0.2) is 34.2 Å². The number of aromatic hydroxyl groups is 1. The van der Waals surface area contributed by atoms with Crippen molar-refractivity contribution in [3.05, 3.63) is 34.7 Å². The Labute approximate surface area is 133 Å². The number of hydrogen-bond acceptors (Lipinski definition) is 5. The summed E-state index contributed by atoms with van der Waals surface area (Å²) >= 11 is 1.35. The third kappa shape index (κ3) is 3.18. The Morgan fingerprint density at radius 3 is 2.68 bits per heavy atom. The van der Waals surface area contributed by atoms with Gasteiger partial charge in [0.05, 0.1) is 17.1 Å². The molecule has 0 bridgehead atoms. The van der Waals surface area contributed by atoms with Gasteiger partial charge in [-0.15, -0.1) is 0 Å². The molecule has 2 aliphatic rings. The van der Waals surface area contributed by atoms with Crippen LogP contribution in [0.3, 0.4) is 0 Å². The average molecular weight is 318 g/mol. The first-order chi connectivity index (χ1) is 10.5. The molecule has 2 heterocycles. The molecule has 2 atom stereocenters. The minimum Gasteiger partial charge on any atom is -0.507 e. The maximum Gasteiger partial charge on any atom is 0.286 e. The molecule has 3 rings (SSSR count). The molecule has 0 unspecified atom stereocenters. The topological polar surface area (TPSA) is 62.1 Å². The molecular weight excluding hydrogens is 300 g/mol. The molecule has 1 saturated heterocycles. The Kier molecular flexibility index (Phi) is 4.22. The van der Waals surface area contributed by atoms with E-state index in [4.69, 9.17) is 4.74 Å². The fourth-order valence-electron chi connectivity index (χ4n) is 2.62. The zero-order chi connectivity index (χ0) is 15.7. The van der Waals surface area contributed by atoms with Crippen LogP contribution in [0.1, 0.15) is 19.4 Å². The number of hydrogen-bond donors (Lipinski definition) is 1. The number of aliphatic imine (C=N–C) groups is 1. The number of thioether (sulfide) groups is 1. The summed E-state index contributed by atoms with van der Waals surface area (Å²) in [6.45, 7) is 5.49. The molecule has 0 saturated carbocycles. The van der Waals surface area contributed by atoms with E-state index < -0.39 is 0 Å². The van der Waals surface area contributed by atoms with Crippen molar-refractivity contribution in [2.75, 3.05) is 13.1 Å². The number of para-hydroxylation sites is 1. The second-order valence-electron chi connectivity index (χ2n) is 5.53. The highest BCUT2D eigenvalue weighted by Gasteiger charge is 2.31. The van der Waals surface area contributed by atoms with Crippen LogP contribution in [0.25, 0.3) is 6.08 Å². The van der Waals surface area contributed by atoms with E-state index in [0.717, 1.165) is 13.1 Å². The fraction of sp³-hybridized carbons (Fsp3) is 0.375. The Bertz CT molecular complexity index is 647. The standard InChI is InChI=1S/C16H18N2O3S/c1-10-8-18(9-11(2)21-10)16-17-15(20)14(22-16)7-12-5-3-4-6-13(12)19/h3-7,10-11,19H,8-9H2,1-2H3/b14-7-/t10-,11+. The number of benzene rings is 1. The predicted octanol–water partition coefficient (Wildman–Crippen LogP) is 2.47. The van der Waals surface area contributed by atoms with E-state index in [-0.39, 0.29) is 23.9 Å². The Morgan fingerprint density at radius 2 is 2.00 bits per heavy atom. The fourth-order valence-corrected chi connectivity index (χ4v) is 3.54. The third-order valence-corrected chi connectivity index (χ3v) is 4.57. The van der Waals surface area contributed by atoms with Crippen LogP contribution in [0.4, 0.5) is 0 Å². The van der Waals surface area contributed by atoms with Crippen molar-refractivity contribution < 1.29 is 14.6 Å². The number of carbonyl (C=O) groups excluding carboxylic acids is 1. The highest BCUT2D eigenvalue weighted by atomic mass is 32.2. The molecular formula is C16H18N2O3S. The van der Waals surface area contributed by atoms with Gasteiger partial charge in [0.25, 0.3) is 5.91 Å². The first-order valence-corrected chi connectivity index (χ1v) is 8.05. The highest BCUT2D eigenvalue weighted by molar-refractivity contribution is 8.18. The molecule has 22 heavy (non-hydrogen) atoms. The molecule has 0 radical (unpaired) electrons. The van der Waals surface area contributed by atoms with Gasteiger partial charge in [-0.3, -0.25) is 4.79 Å². The summed E-state index contributed by atoms with van der Waals surface area (Å²) in [4.78, 5) is 18.9. The summed E-state index contributed by atoms with van der Waals surface area (Å²) in [7, 11) is 0. The molecule has 116 valence electrons. The molecule has 1 amide bonds. The minimum absolute atomic E-state index is 0.119. The lowest BCUT2D eigenvalue weighted by Gasteiger charge is -2.35. The van der Waals surface area contributed by atoms with Crippen LogP contribution in [-0.2, 0) is 9.53 Å². The number of rotatable bonds is 1. The maximum absolute atomic E-state index is 12.1. The van der Waals surface area contributed by atoms with Gasteiger partial charge in [0.2, 0.25) is 0 Å². The van der Waals surface area contributed by atoms with Crippen molar-refractivity contribution in [1.29, 1.82) is 0 Å². The van der Waals surface area contributed by atoms with Crippen LogP contribution in [-0.4, -0.2) is 46.4 Å². The van der Waals surface area contributed by atoms with Gasteiger partial charge in [-0.05, 0) is 37.8 Å². The number of carbonyl (C=O) groups is 1. The summed E-state index contributed by atoms with van der Waals surface area (Å²) in [6, 6.07) is 6.94. The van der Waals surface area contributed by atoms with Crippen molar-refractivity contribution in [3.8, 4) is 5.75 Å². The molecule has 6 heteroatoms. The van der Waals surface area contributed by atoms with E-state index in [0.29, 0.717) is 15.6 Å². The SMILES string of the molecule is C[C@@H]1CN(C2=NC(=O)/C(=C/c3ccccc3O)S2)C[C@H](C)O1. The van der Waals surface area contributed by atoms with Gasteiger partial charge in [0.1, 0.15) is 5.75 Å². The van der Waals surface area contributed by atoms with Gasteiger partial charge in [0, 0.05) is 18.7 Å². The summed E-state index contributed by atoms with van der Waals surface area (Å²) in [5, 5.41) is 10.5. The summed E-state index contributed by atoms with van der Waals surface area (Å²) in [6.07, 6.45) is 1.92. The van der Waals surface area contributed by atoms with Crippen molar-refractivity contribution in [2.45, 2.75) is 26.1 Å². The summed E-state index contributed by atoms with van der Waals surface area (Å²) in [5.41, 5.74) is 0.624. The van der Waals surface area contributed by atoms with Crippen molar-refractivity contribution in [3.63, 3.8) is 0 Å². The molecule has 1 fully saturated rings. The van der Waals surface area contributed by atoms with Gasteiger partial charge in [-0.2, -0.15) is 4.99 Å². The second-order valence-corrected chi connectivity index (χ2v) is 6.54. The molecule has 5 nitrogen and oxygen atoms in total. The zero-order valence-corrected chi connectivity index (χ0v) is 13.3. The van der Waals surface area contributed by atoms with E-state index in [2.05, 4.69) is 9.89 Å². The normalized spacial score (nSPS) is 27.4. The van der Waals surface area contributed by atoms with Crippen molar-refractivity contribution in [2.24, 2.45) is 4.99 Å². The lowest BCUT2D eigenvalue weighted by molar-refractivity contribution is -0.113. The molecule has 0 aliphatic carbocycles. The van der Waals surface area contributed by atoms with Gasteiger partial charge >= 0.3 is 0 Å². The Hall–Kier alpha value is -1.79. The van der Waals surface area contributed by atoms with E-state index >= 15 is 0 Å². The highest BCUT2D eigenvalue weighted by Crippen LogP contribution is 2.32. The number of phenols is 1. The number of morpholine rings is 1. The first kappa shape index (κ1) is 15.1. The van der Waals surface area contributed by atoms with E-state index in [9.17, 15) is 9.90 Å². The van der Waals surface area contributed by atoms with Crippen molar-refractivity contribution >= 4 is 28.9 Å². The maximum atomic E-state index is 12.1. The minimum atomic E-state index is -0.255. The van der Waals surface area contributed by atoms with Crippen LogP contribution in [0, 0.1) is 0 Å². The summed E-state index contributed by atoms with van der Waals surface area (Å²) < 4.78 is 5.70. The number of ether oxygens (including phenoxy) is 1. The number of amidine groups is 1. The Balaban J connectivity index is 1.78. The van der Waals surface area contributed by atoms with Gasteiger partial charge in [0.15, 0.2) is 5.17 Å².